The normalized spacial score (nSPS) is 15.7. The van der Waals surface area contributed by atoms with Crippen molar-refractivity contribution in [2.24, 2.45) is 5.73 Å². The van der Waals surface area contributed by atoms with E-state index >= 15 is 0 Å². The number of halogens is 3. The number of rotatable bonds is 5. The molecule has 0 bridgehead atoms. The van der Waals surface area contributed by atoms with Gasteiger partial charge in [-0.1, -0.05) is 60.7 Å². The molecule has 3 aromatic carbocycles. The Morgan fingerprint density at radius 1 is 0.914 bits per heavy atom. The maximum absolute atomic E-state index is 13.4. The van der Waals surface area contributed by atoms with Gasteiger partial charge in [0.2, 0.25) is 0 Å². The largest absolute Gasteiger partial charge is 0.509 e. The number of carbonyl (C=O) groups is 1. The first-order chi connectivity index (χ1) is 16.8. The van der Waals surface area contributed by atoms with E-state index in [1.165, 1.54) is 6.07 Å². The average molecular weight is 480 g/mol. The van der Waals surface area contributed by atoms with Crippen molar-refractivity contribution in [1.82, 2.24) is 4.90 Å². The van der Waals surface area contributed by atoms with Gasteiger partial charge in [-0.05, 0) is 33.9 Å². The van der Waals surface area contributed by atoms with Crippen LogP contribution in [0.3, 0.4) is 0 Å². The van der Waals surface area contributed by atoms with Crippen LogP contribution in [0.2, 0.25) is 0 Å². The van der Waals surface area contributed by atoms with Gasteiger partial charge in [0.25, 0.3) is 0 Å². The number of amides is 1. The van der Waals surface area contributed by atoms with Crippen molar-refractivity contribution in [3.05, 3.63) is 83.4 Å². The van der Waals surface area contributed by atoms with Gasteiger partial charge in [-0.3, -0.25) is 0 Å². The van der Waals surface area contributed by atoms with Gasteiger partial charge in [0, 0.05) is 44.3 Å². The number of piperazine rings is 1. The number of hydrogen-bond donors (Lipinski definition) is 1. The van der Waals surface area contributed by atoms with E-state index < -0.39 is 18.5 Å². The minimum Gasteiger partial charge on any atom is -0.448 e. The van der Waals surface area contributed by atoms with Gasteiger partial charge in [-0.15, -0.1) is 5.46 Å². The van der Waals surface area contributed by atoms with Crippen molar-refractivity contribution in [3.8, 4) is 11.1 Å². The summed E-state index contributed by atoms with van der Waals surface area (Å²) in [7, 11) is 0. The van der Waals surface area contributed by atoms with Crippen molar-refractivity contribution in [2.75, 3.05) is 37.7 Å². The second kappa shape index (κ2) is 9.30. The lowest BCUT2D eigenvalue weighted by Gasteiger charge is -2.36. The van der Waals surface area contributed by atoms with Crippen LogP contribution >= 0.6 is 0 Å². The summed E-state index contributed by atoms with van der Waals surface area (Å²) in [5, 5.41) is 0. The molecule has 9 heteroatoms. The van der Waals surface area contributed by atoms with Crippen molar-refractivity contribution in [3.63, 3.8) is 0 Å². The van der Waals surface area contributed by atoms with E-state index in [9.17, 15) is 17.7 Å². The molecule has 0 saturated carbocycles. The monoisotopic (exact) mass is 480 g/mol. The fraction of sp³-hybridized carbons (Fsp3) is 0.269. The lowest BCUT2D eigenvalue weighted by Crippen LogP contribution is -2.49. The summed E-state index contributed by atoms with van der Waals surface area (Å²) in [5.41, 5.74) is 10.5. The van der Waals surface area contributed by atoms with E-state index in [2.05, 4.69) is 24.3 Å². The van der Waals surface area contributed by atoms with Crippen molar-refractivity contribution >= 4 is 24.2 Å². The first kappa shape index (κ1) is 23.3. The Bertz CT molecular complexity index is 1200. The molecular formula is C26H26BF3N3O2-. The highest BCUT2D eigenvalue weighted by Gasteiger charge is 2.31. The highest BCUT2D eigenvalue weighted by molar-refractivity contribution is 6.73. The van der Waals surface area contributed by atoms with Gasteiger partial charge in [0.1, 0.15) is 6.61 Å². The minimum atomic E-state index is -5.12. The summed E-state index contributed by atoms with van der Waals surface area (Å²) in [6.07, 6.45) is -0.401. The lowest BCUT2D eigenvalue weighted by molar-refractivity contribution is 0.0977. The molecule has 3 aromatic rings. The molecule has 0 atom stereocenters. The average Bonchev–Trinajstić information content (AvgIpc) is 3.20. The van der Waals surface area contributed by atoms with Crippen LogP contribution in [-0.2, 0) is 11.3 Å². The predicted molar refractivity (Wildman–Crippen MR) is 132 cm³/mol. The summed E-state index contributed by atoms with van der Waals surface area (Å²) in [5.74, 6) is -0.0192. The van der Waals surface area contributed by atoms with E-state index in [1.54, 1.807) is 11.0 Å². The molecule has 2 N–H and O–H groups in total. The van der Waals surface area contributed by atoms with Gasteiger partial charge < -0.3 is 33.2 Å². The third-order valence-corrected chi connectivity index (χ3v) is 6.85. The number of nitrogens with two attached hydrogens (primary N) is 1. The molecule has 1 aliphatic heterocycles. The molecule has 2 aliphatic rings. The Hall–Kier alpha value is -3.46. The predicted octanol–water partition coefficient (Wildman–Crippen LogP) is 4.27. The standard InChI is InChI=1S/C26H26BF3N3O2/c28-27(29,30)19-13-18(16-31)14-20(15-19)32-9-11-33(12-10-32)26(34)35-17-25-23-7-3-1-5-21(23)22-6-2-4-8-24(22)25/h1-8,13-15,25H,9-12,16-17,31H2/q-1. The zero-order chi connectivity index (χ0) is 24.6. The fourth-order valence-corrected chi connectivity index (χ4v) is 5.02. The molecule has 1 amide bonds. The number of anilines is 1. The van der Waals surface area contributed by atoms with Crippen LogP contribution < -0.4 is 16.1 Å². The van der Waals surface area contributed by atoms with Gasteiger partial charge >= 0.3 is 13.1 Å². The van der Waals surface area contributed by atoms with Gasteiger partial charge in [-0.2, -0.15) is 0 Å². The van der Waals surface area contributed by atoms with Crippen LogP contribution in [0.15, 0.2) is 66.7 Å². The molecule has 0 unspecified atom stereocenters. The van der Waals surface area contributed by atoms with Crippen molar-refractivity contribution < 1.29 is 22.5 Å². The molecule has 35 heavy (non-hydrogen) atoms. The quantitative estimate of drug-likeness (QED) is 0.555. The molecule has 1 aliphatic carbocycles. The summed E-state index contributed by atoms with van der Waals surface area (Å²) in [4.78, 5) is 16.3. The molecule has 182 valence electrons. The van der Waals surface area contributed by atoms with Crippen LogP contribution in [0, 0.1) is 0 Å². The van der Waals surface area contributed by atoms with E-state index in [4.69, 9.17) is 10.5 Å². The fourth-order valence-electron chi connectivity index (χ4n) is 5.02. The van der Waals surface area contributed by atoms with E-state index in [0.29, 0.717) is 37.4 Å². The first-order valence-electron chi connectivity index (χ1n) is 11.7. The topological polar surface area (TPSA) is 58.8 Å². The Morgan fingerprint density at radius 3 is 2.09 bits per heavy atom. The highest BCUT2D eigenvalue weighted by Crippen LogP contribution is 2.44. The van der Waals surface area contributed by atoms with Crippen LogP contribution in [0.5, 0.6) is 0 Å². The Balaban J connectivity index is 1.23. The van der Waals surface area contributed by atoms with Crippen LogP contribution in [0.25, 0.3) is 11.1 Å². The number of ether oxygens (including phenoxy) is 1. The van der Waals surface area contributed by atoms with Crippen molar-refractivity contribution in [2.45, 2.75) is 12.5 Å². The number of nitrogens with zero attached hydrogens (tertiary/aromatic N) is 2. The van der Waals surface area contributed by atoms with Crippen LogP contribution in [-0.4, -0.2) is 50.8 Å². The summed E-state index contributed by atoms with van der Waals surface area (Å²) in [6, 6.07) is 20.3. The summed E-state index contributed by atoms with van der Waals surface area (Å²) >= 11 is 0. The van der Waals surface area contributed by atoms with Crippen molar-refractivity contribution in [1.29, 1.82) is 0 Å². The molecule has 0 aromatic heterocycles. The minimum absolute atomic E-state index is 0.0192. The maximum Gasteiger partial charge on any atom is 0.509 e. The number of benzene rings is 3. The van der Waals surface area contributed by atoms with Crippen LogP contribution in [0.1, 0.15) is 22.6 Å². The van der Waals surface area contributed by atoms with Gasteiger partial charge in [0.05, 0.1) is 0 Å². The second-order valence-corrected chi connectivity index (χ2v) is 8.99. The smallest absolute Gasteiger partial charge is 0.448 e. The van der Waals surface area contributed by atoms with E-state index in [-0.39, 0.29) is 19.1 Å². The molecule has 1 heterocycles. The SMILES string of the molecule is NCc1cc(N2CCN(C(=O)OCC3c4ccccc4-c4ccccc43)CC2)cc([B-](F)(F)F)c1. The van der Waals surface area contributed by atoms with Crippen LogP contribution in [0.4, 0.5) is 23.4 Å². The third kappa shape index (κ3) is 4.60. The summed E-state index contributed by atoms with van der Waals surface area (Å²) in [6.45, 7) is -3.27. The number of fused-ring (bicyclic) bond motifs is 3. The molecule has 0 spiro atoms. The van der Waals surface area contributed by atoms with E-state index in [1.807, 2.05) is 29.2 Å². The zero-order valence-electron chi connectivity index (χ0n) is 19.2. The maximum atomic E-state index is 13.4. The molecular weight excluding hydrogens is 454 g/mol. The Morgan fingerprint density at radius 2 is 1.51 bits per heavy atom. The molecule has 5 rings (SSSR count). The number of hydrogen-bond acceptors (Lipinski definition) is 4. The highest BCUT2D eigenvalue weighted by atomic mass is 19.4. The second-order valence-electron chi connectivity index (χ2n) is 8.99. The summed E-state index contributed by atoms with van der Waals surface area (Å²) < 4.78 is 45.8. The van der Waals surface area contributed by atoms with Gasteiger partial charge in [-0.25, -0.2) is 4.79 Å². The molecule has 1 fully saturated rings. The Kier molecular flexibility index (Phi) is 6.19. The lowest BCUT2D eigenvalue weighted by atomic mass is 9.79. The zero-order valence-corrected chi connectivity index (χ0v) is 19.2. The molecule has 0 radical (unpaired) electrons. The number of carbonyl (C=O) groups excluding carboxylic acids is 1. The van der Waals surface area contributed by atoms with E-state index in [0.717, 1.165) is 28.3 Å². The van der Waals surface area contributed by atoms with Gasteiger partial charge in [0.15, 0.2) is 0 Å². The third-order valence-electron chi connectivity index (χ3n) is 6.85. The first-order valence-corrected chi connectivity index (χ1v) is 11.7. The molecule has 5 nitrogen and oxygen atoms in total. The molecule has 1 saturated heterocycles. The Labute approximate surface area is 202 Å².